The quantitative estimate of drug-likeness (QED) is 0.559. The number of methoxy groups -OCH3 is 1. The summed E-state index contributed by atoms with van der Waals surface area (Å²) in [6, 6.07) is 9.70. The highest BCUT2D eigenvalue weighted by molar-refractivity contribution is 5.79. The van der Waals surface area contributed by atoms with Gasteiger partial charge in [-0.1, -0.05) is 32.9 Å². The normalized spacial score (nSPS) is 13.1. The molecule has 2 rings (SSSR count). The summed E-state index contributed by atoms with van der Waals surface area (Å²) in [5.41, 5.74) is 0.837. The number of aromatic nitrogens is 1. The minimum atomic E-state index is -0.357. The van der Waals surface area contributed by atoms with Crippen molar-refractivity contribution in [3.8, 4) is 11.6 Å². The lowest BCUT2D eigenvalue weighted by atomic mass is 9.89. The Bertz CT molecular complexity index is 790. The molecule has 2 aromatic rings. The Morgan fingerprint density at radius 1 is 1.21 bits per heavy atom. The molecule has 0 saturated heterocycles. The first-order valence-corrected chi connectivity index (χ1v) is 9.18. The summed E-state index contributed by atoms with van der Waals surface area (Å²) < 4.78 is 24.7. The van der Waals surface area contributed by atoms with Crippen molar-refractivity contribution in [2.45, 2.75) is 33.4 Å². The van der Waals surface area contributed by atoms with Crippen LogP contribution in [0.15, 0.2) is 47.6 Å². The molecule has 1 atom stereocenters. The largest absolute Gasteiger partial charge is 0.439 e. The van der Waals surface area contributed by atoms with E-state index in [0.717, 1.165) is 5.56 Å². The highest BCUT2D eigenvalue weighted by Gasteiger charge is 2.24. The van der Waals surface area contributed by atoms with Gasteiger partial charge in [0, 0.05) is 45.1 Å². The molecule has 7 heteroatoms. The van der Waals surface area contributed by atoms with Crippen LogP contribution in [0.5, 0.6) is 11.6 Å². The first kappa shape index (κ1) is 21.6. The molecule has 1 aromatic heterocycles. The van der Waals surface area contributed by atoms with Gasteiger partial charge in [-0.3, -0.25) is 4.99 Å². The molecule has 1 aromatic carbocycles. The summed E-state index contributed by atoms with van der Waals surface area (Å²) in [6.45, 7) is 7.46. The van der Waals surface area contributed by atoms with Crippen LogP contribution in [0.3, 0.4) is 0 Å². The zero-order chi connectivity index (χ0) is 20.6. The monoisotopic (exact) mass is 388 g/mol. The van der Waals surface area contributed by atoms with E-state index >= 15 is 0 Å². The lowest BCUT2D eigenvalue weighted by Crippen LogP contribution is -2.45. The Balaban J connectivity index is 1.99. The second kappa shape index (κ2) is 10.0. The van der Waals surface area contributed by atoms with Crippen LogP contribution in [0.2, 0.25) is 0 Å². The third-order valence-electron chi connectivity index (χ3n) is 4.24. The van der Waals surface area contributed by atoms with Crippen molar-refractivity contribution in [1.29, 1.82) is 0 Å². The molecule has 1 heterocycles. The molecule has 0 aliphatic heterocycles. The Labute approximate surface area is 166 Å². The van der Waals surface area contributed by atoms with E-state index in [0.29, 0.717) is 30.7 Å². The molecule has 2 N–H and O–H groups in total. The number of hydrogen-bond donors (Lipinski definition) is 2. The number of benzene rings is 1. The zero-order valence-corrected chi connectivity index (χ0v) is 17.1. The Kier molecular flexibility index (Phi) is 7.75. The lowest BCUT2D eigenvalue weighted by molar-refractivity contribution is 0.0205. The molecule has 6 nitrogen and oxygen atoms in total. The average molecular weight is 388 g/mol. The summed E-state index contributed by atoms with van der Waals surface area (Å²) in [6.07, 6.45) is 1.67. The van der Waals surface area contributed by atoms with Gasteiger partial charge in [0.1, 0.15) is 11.6 Å². The van der Waals surface area contributed by atoms with Crippen LogP contribution in [0.25, 0.3) is 0 Å². The third kappa shape index (κ3) is 6.49. The van der Waals surface area contributed by atoms with Gasteiger partial charge in [0.15, 0.2) is 5.96 Å². The van der Waals surface area contributed by atoms with Gasteiger partial charge in [-0.25, -0.2) is 9.37 Å². The van der Waals surface area contributed by atoms with Crippen LogP contribution in [-0.4, -0.2) is 37.7 Å². The molecule has 0 aliphatic rings. The van der Waals surface area contributed by atoms with Crippen molar-refractivity contribution in [2.24, 2.45) is 10.4 Å². The summed E-state index contributed by atoms with van der Waals surface area (Å²) in [5, 5.41) is 6.52. The minimum Gasteiger partial charge on any atom is -0.439 e. The third-order valence-corrected chi connectivity index (χ3v) is 4.24. The van der Waals surface area contributed by atoms with E-state index in [1.165, 1.54) is 12.1 Å². The molecule has 0 saturated carbocycles. The van der Waals surface area contributed by atoms with Crippen LogP contribution in [0, 0.1) is 11.2 Å². The zero-order valence-electron chi connectivity index (χ0n) is 17.1. The second-order valence-electron chi connectivity index (χ2n) is 7.42. The first-order chi connectivity index (χ1) is 13.3. The SMILES string of the molecule is CN=C(NCc1cccnc1Oc1cccc(F)c1)NCC(OC)C(C)(C)C. The van der Waals surface area contributed by atoms with E-state index in [4.69, 9.17) is 9.47 Å². The van der Waals surface area contributed by atoms with Crippen molar-refractivity contribution in [1.82, 2.24) is 15.6 Å². The van der Waals surface area contributed by atoms with Gasteiger partial charge < -0.3 is 20.1 Å². The number of halogens is 1. The van der Waals surface area contributed by atoms with E-state index in [-0.39, 0.29) is 17.3 Å². The number of rotatable bonds is 7. The fourth-order valence-corrected chi connectivity index (χ4v) is 2.62. The van der Waals surface area contributed by atoms with Crippen molar-refractivity contribution in [2.75, 3.05) is 20.7 Å². The number of ether oxygens (including phenoxy) is 2. The molecule has 0 spiro atoms. The van der Waals surface area contributed by atoms with Gasteiger partial charge in [0.25, 0.3) is 0 Å². The van der Waals surface area contributed by atoms with Crippen molar-refractivity contribution >= 4 is 5.96 Å². The average Bonchev–Trinajstić information content (AvgIpc) is 2.64. The maximum Gasteiger partial charge on any atom is 0.224 e. The topological polar surface area (TPSA) is 67.8 Å². The maximum absolute atomic E-state index is 13.4. The van der Waals surface area contributed by atoms with Gasteiger partial charge in [-0.05, 0) is 23.6 Å². The molecule has 1 unspecified atom stereocenters. The number of guanidine groups is 1. The van der Waals surface area contributed by atoms with E-state index in [1.54, 1.807) is 32.5 Å². The summed E-state index contributed by atoms with van der Waals surface area (Å²) >= 11 is 0. The molecule has 0 bridgehead atoms. The van der Waals surface area contributed by atoms with Crippen LogP contribution in [0.4, 0.5) is 4.39 Å². The molecule has 0 aliphatic carbocycles. The highest BCUT2D eigenvalue weighted by atomic mass is 19.1. The van der Waals surface area contributed by atoms with Gasteiger partial charge >= 0.3 is 0 Å². The number of hydrogen-bond acceptors (Lipinski definition) is 4. The Morgan fingerprint density at radius 2 is 2.00 bits per heavy atom. The lowest BCUT2D eigenvalue weighted by Gasteiger charge is -2.30. The standard InChI is InChI=1S/C21H29FN4O2/c1-21(2,3)18(27-5)14-26-20(23-4)25-13-15-8-7-11-24-19(15)28-17-10-6-9-16(22)12-17/h6-12,18H,13-14H2,1-5H3,(H2,23,25,26). The second-order valence-corrected chi connectivity index (χ2v) is 7.42. The molecule has 0 amide bonds. The number of nitrogens with zero attached hydrogens (tertiary/aromatic N) is 2. The predicted molar refractivity (Wildman–Crippen MR) is 109 cm³/mol. The predicted octanol–water partition coefficient (Wildman–Crippen LogP) is 3.74. The summed E-state index contributed by atoms with van der Waals surface area (Å²) in [4.78, 5) is 8.51. The number of aliphatic imine (C=N–C) groups is 1. The van der Waals surface area contributed by atoms with Crippen LogP contribution < -0.4 is 15.4 Å². The van der Waals surface area contributed by atoms with Crippen molar-refractivity contribution in [3.05, 3.63) is 54.0 Å². The summed E-state index contributed by atoms with van der Waals surface area (Å²) in [5.74, 6) is 1.10. The summed E-state index contributed by atoms with van der Waals surface area (Å²) in [7, 11) is 3.42. The smallest absolute Gasteiger partial charge is 0.224 e. The Hall–Kier alpha value is -2.67. The molecule has 28 heavy (non-hydrogen) atoms. The van der Waals surface area contributed by atoms with Crippen molar-refractivity contribution in [3.63, 3.8) is 0 Å². The molecular weight excluding hydrogens is 359 g/mol. The van der Waals surface area contributed by atoms with Gasteiger partial charge in [0.2, 0.25) is 5.88 Å². The van der Waals surface area contributed by atoms with Crippen molar-refractivity contribution < 1.29 is 13.9 Å². The van der Waals surface area contributed by atoms with E-state index < -0.39 is 0 Å². The Morgan fingerprint density at radius 3 is 2.64 bits per heavy atom. The molecule has 152 valence electrons. The van der Waals surface area contributed by atoms with Crippen LogP contribution >= 0.6 is 0 Å². The molecular formula is C21H29FN4O2. The fourth-order valence-electron chi connectivity index (χ4n) is 2.62. The highest BCUT2D eigenvalue weighted by Crippen LogP contribution is 2.23. The van der Waals surface area contributed by atoms with Crippen LogP contribution in [-0.2, 0) is 11.3 Å². The fraction of sp³-hybridized carbons (Fsp3) is 0.429. The van der Waals surface area contributed by atoms with E-state index in [1.807, 2.05) is 12.1 Å². The van der Waals surface area contributed by atoms with Gasteiger partial charge in [0.05, 0.1) is 6.10 Å². The van der Waals surface area contributed by atoms with Gasteiger partial charge in [-0.2, -0.15) is 0 Å². The van der Waals surface area contributed by atoms with Crippen LogP contribution in [0.1, 0.15) is 26.3 Å². The van der Waals surface area contributed by atoms with E-state index in [9.17, 15) is 4.39 Å². The van der Waals surface area contributed by atoms with Gasteiger partial charge in [-0.15, -0.1) is 0 Å². The van der Waals surface area contributed by atoms with E-state index in [2.05, 4.69) is 41.4 Å². The molecule has 0 radical (unpaired) electrons. The maximum atomic E-state index is 13.4. The number of nitrogens with one attached hydrogen (secondary N) is 2. The molecule has 0 fully saturated rings. The number of pyridine rings is 1. The first-order valence-electron chi connectivity index (χ1n) is 9.18. The minimum absolute atomic E-state index is 0.00984.